The number of piperidine rings is 1. The van der Waals surface area contributed by atoms with Crippen molar-refractivity contribution in [2.45, 2.75) is 76.9 Å². The molecule has 3 amide bonds. The number of carbonyl (C=O) groups is 3. The van der Waals surface area contributed by atoms with E-state index in [4.69, 9.17) is 4.98 Å². The Balaban J connectivity index is 1.42. The van der Waals surface area contributed by atoms with Crippen molar-refractivity contribution in [3.8, 4) is 0 Å². The van der Waals surface area contributed by atoms with Crippen molar-refractivity contribution in [3.63, 3.8) is 0 Å². The molecule has 42 heavy (non-hydrogen) atoms. The minimum absolute atomic E-state index is 0.0598. The lowest BCUT2D eigenvalue weighted by atomic mass is 9.99. The molecule has 1 aromatic carbocycles. The Hall–Kier alpha value is -4.35. The highest BCUT2D eigenvalue weighted by molar-refractivity contribution is 5.88. The van der Waals surface area contributed by atoms with Crippen molar-refractivity contribution in [1.29, 1.82) is 0 Å². The van der Waals surface area contributed by atoms with Gasteiger partial charge in [0.2, 0.25) is 17.7 Å². The number of rotatable bonds is 5. The van der Waals surface area contributed by atoms with Gasteiger partial charge in [-0.25, -0.2) is 14.8 Å². The molecule has 5 rings (SSSR count). The summed E-state index contributed by atoms with van der Waals surface area (Å²) in [4.78, 5) is 59.9. The smallest absolute Gasteiger partial charge is 0.264 e. The number of fused-ring (bicyclic) bond motifs is 2. The first-order valence-corrected chi connectivity index (χ1v) is 14.7. The third kappa shape index (κ3) is 7.29. The summed E-state index contributed by atoms with van der Waals surface area (Å²) in [5.74, 6) is 0.917. The molecule has 3 aromatic rings. The number of aryl methyl sites for hydroxylation is 2. The van der Waals surface area contributed by atoms with Gasteiger partial charge in [-0.1, -0.05) is 30.3 Å². The van der Waals surface area contributed by atoms with Crippen LogP contribution < -0.4 is 10.9 Å². The van der Waals surface area contributed by atoms with Gasteiger partial charge in [-0.2, -0.15) is 10.2 Å². The Labute approximate surface area is 244 Å². The van der Waals surface area contributed by atoms with Gasteiger partial charge >= 0.3 is 0 Å². The zero-order chi connectivity index (χ0) is 29.5. The van der Waals surface area contributed by atoms with Crippen molar-refractivity contribution < 1.29 is 14.4 Å². The van der Waals surface area contributed by atoms with E-state index in [1.54, 1.807) is 20.5 Å². The fraction of sp³-hybridized carbons (Fsp3) is 0.500. The maximum Gasteiger partial charge on any atom is 0.264 e. The van der Waals surface area contributed by atoms with Crippen LogP contribution in [-0.4, -0.2) is 78.2 Å². The van der Waals surface area contributed by atoms with Crippen LogP contribution in [0.15, 0.2) is 47.3 Å². The molecule has 0 spiro atoms. The van der Waals surface area contributed by atoms with Crippen molar-refractivity contribution in [1.82, 2.24) is 40.1 Å². The number of H-pyrrole nitrogens is 1. The van der Waals surface area contributed by atoms with Crippen LogP contribution in [0.5, 0.6) is 0 Å². The van der Waals surface area contributed by atoms with Crippen LogP contribution in [0.25, 0.3) is 0 Å². The van der Waals surface area contributed by atoms with Crippen LogP contribution in [0, 0.1) is 6.92 Å². The fourth-order valence-electron chi connectivity index (χ4n) is 5.77. The van der Waals surface area contributed by atoms with E-state index in [2.05, 4.69) is 20.6 Å². The van der Waals surface area contributed by atoms with E-state index in [0.29, 0.717) is 69.2 Å². The van der Waals surface area contributed by atoms with Gasteiger partial charge in [0.1, 0.15) is 17.7 Å². The van der Waals surface area contributed by atoms with Crippen LogP contribution in [-0.2, 0) is 33.8 Å². The average molecular weight is 575 g/mol. The largest absolute Gasteiger partial charge is 0.344 e. The highest BCUT2D eigenvalue weighted by Crippen LogP contribution is 2.23. The normalized spacial score (nSPS) is 20.3. The van der Waals surface area contributed by atoms with Crippen molar-refractivity contribution in [2.24, 2.45) is 0 Å². The Kier molecular flexibility index (Phi) is 9.40. The maximum absolute atomic E-state index is 13.7. The molecule has 2 aromatic heterocycles. The standard InChI is InChI=1S/C30H38N8O4/c1-21-31-29-24(20-22-8-3-2-4-9-22)32-30(42)25-10-5-6-17-37(25)28(41)11-7-16-36(18-19-38(29)35-21)27(40)15-13-23-12-14-26(39)34-33-23/h2-4,8-9,12,14,24-25H,5-7,10-11,13,15-20H2,1H3,(H,32,42)(H,34,39)/t24-,25+/m1/s1. The molecule has 12 heteroatoms. The van der Waals surface area contributed by atoms with Crippen molar-refractivity contribution in [3.05, 3.63) is 75.7 Å². The van der Waals surface area contributed by atoms with Gasteiger partial charge in [-0.15, -0.1) is 0 Å². The number of hydrogen-bond donors (Lipinski definition) is 2. The molecule has 4 heterocycles. The zero-order valence-corrected chi connectivity index (χ0v) is 24.0. The first kappa shape index (κ1) is 29.2. The van der Waals surface area contributed by atoms with Gasteiger partial charge in [0.05, 0.1) is 18.3 Å². The highest BCUT2D eigenvalue weighted by Gasteiger charge is 2.34. The number of nitrogens with zero attached hydrogens (tertiary/aromatic N) is 6. The van der Waals surface area contributed by atoms with E-state index >= 15 is 0 Å². The molecule has 2 aliphatic heterocycles. The number of hydrogen-bond acceptors (Lipinski definition) is 7. The molecule has 0 aliphatic carbocycles. The zero-order valence-electron chi connectivity index (χ0n) is 24.0. The summed E-state index contributed by atoms with van der Waals surface area (Å²) < 4.78 is 1.79. The lowest BCUT2D eigenvalue weighted by molar-refractivity contribution is -0.143. The molecule has 222 valence electrons. The quantitative estimate of drug-likeness (QED) is 0.472. The number of aromatic nitrogens is 5. The van der Waals surface area contributed by atoms with Crippen LogP contribution in [0.4, 0.5) is 0 Å². The highest BCUT2D eigenvalue weighted by atomic mass is 16.2. The van der Waals surface area contributed by atoms with E-state index < -0.39 is 12.1 Å². The van der Waals surface area contributed by atoms with E-state index in [1.165, 1.54) is 6.07 Å². The number of nitrogens with one attached hydrogen (secondary N) is 2. The maximum atomic E-state index is 13.7. The second-order valence-corrected chi connectivity index (χ2v) is 11.0. The Morgan fingerprint density at radius 1 is 0.976 bits per heavy atom. The van der Waals surface area contributed by atoms with E-state index in [0.717, 1.165) is 18.4 Å². The van der Waals surface area contributed by atoms with Crippen LogP contribution in [0.3, 0.4) is 0 Å². The predicted octanol–water partition coefficient (Wildman–Crippen LogP) is 1.71. The molecule has 1 fully saturated rings. The second kappa shape index (κ2) is 13.5. The molecule has 0 bridgehead atoms. The van der Waals surface area contributed by atoms with Crippen LogP contribution >= 0.6 is 0 Å². The van der Waals surface area contributed by atoms with Crippen molar-refractivity contribution >= 4 is 17.7 Å². The van der Waals surface area contributed by atoms with Gasteiger partial charge in [-0.05, 0) is 50.7 Å². The molecule has 1 saturated heterocycles. The molecule has 12 nitrogen and oxygen atoms in total. The third-order valence-corrected chi connectivity index (χ3v) is 7.93. The molecular weight excluding hydrogens is 536 g/mol. The number of amides is 3. The van der Waals surface area contributed by atoms with Gasteiger partial charge in [0.15, 0.2) is 0 Å². The van der Waals surface area contributed by atoms with Crippen molar-refractivity contribution in [2.75, 3.05) is 19.6 Å². The summed E-state index contributed by atoms with van der Waals surface area (Å²) in [7, 11) is 0. The topological polar surface area (TPSA) is 146 Å². The van der Waals surface area contributed by atoms with Gasteiger partial charge < -0.3 is 15.1 Å². The minimum atomic E-state index is -0.535. The van der Waals surface area contributed by atoms with E-state index in [9.17, 15) is 19.2 Å². The van der Waals surface area contributed by atoms with Gasteiger partial charge in [0.25, 0.3) is 5.56 Å². The number of aromatic amines is 1. The lowest BCUT2D eigenvalue weighted by Gasteiger charge is -2.36. The number of benzene rings is 1. The molecule has 0 radical (unpaired) electrons. The second-order valence-electron chi connectivity index (χ2n) is 11.0. The molecule has 2 atom stereocenters. The summed E-state index contributed by atoms with van der Waals surface area (Å²) in [6.45, 7) is 3.54. The van der Waals surface area contributed by atoms with Gasteiger partial charge in [-0.3, -0.25) is 19.2 Å². The first-order valence-electron chi connectivity index (χ1n) is 14.7. The first-order chi connectivity index (χ1) is 20.4. The summed E-state index contributed by atoms with van der Waals surface area (Å²) >= 11 is 0. The van der Waals surface area contributed by atoms with E-state index in [1.807, 2.05) is 37.3 Å². The molecule has 0 saturated carbocycles. The molecule has 0 unspecified atom stereocenters. The van der Waals surface area contributed by atoms with Gasteiger partial charge in [0, 0.05) is 45.0 Å². The predicted molar refractivity (Wildman–Crippen MR) is 154 cm³/mol. The Morgan fingerprint density at radius 2 is 1.81 bits per heavy atom. The third-order valence-electron chi connectivity index (χ3n) is 7.93. The molecule has 2 N–H and O–H groups in total. The summed E-state index contributed by atoms with van der Waals surface area (Å²) in [6, 6.07) is 11.9. The SMILES string of the molecule is Cc1nc2n(n1)CCN(C(=O)CCc1ccc(=O)[nH]n1)CCCC(=O)N1CCCC[C@H]1C(=O)N[C@@H]2Cc1ccccc1. The fourth-order valence-corrected chi connectivity index (χ4v) is 5.77. The monoisotopic (exact) mass is 574 g/mol. The number of carbonyl (C=O) groups excluding carboxylic acids is 3. The molecular formula is C30H38N8O4. The van der Waals surface area contributed by atoms with E-state index in [-0.39, 0.29) is 36.1 Å². The molecule has 2 aliphatic rings. The Bertz CT molecular complexity index is 1430. The van der Waals surface area contributed by atoms with Crippen LogP contribution in [0.1, 0.15) is 67.5 Å². The average Bonchev–Trinajstić information content (AvgIpc) is 3.38. The summed E-state index contributed by atoms with van der Waals surface area (Å²) in [6.07, 6.45) is 4.23. The van der Waals surface area contributed by atoms with Crippen LogP contribution in [0.2, 0.25) is 0 Å². The lowest BCUT2D eigenvalue weighted by Crippen LogP contribution is -2.53. The minimum Gasteiger partial charge on any atom is -0.344 e. The summed E-state index contributed by atoms with van der Waals surface area (Å²) in [5, 5.41) is 14.3. The summed E-state index contributed by atoms with van der Waals surface area (Å²) in [5.41, 5.74) is 1.38. The Morgan fingerprint density at radius 3 is 2.60 bits per heavy atom.